The summed E-state index contributed by atoms with van der Waals surface area (Å²) in [5.74, 6) is -0.260. The van der Waals surface area contributed by atoms with Gasteiger partial charge in [-0.3, -0.25) is 4.79 Å². The number of hydrogen-bond donors (Lipinski definition) is 2. The summed E-state index contributed by atoms with van der Waals surface area (Å²) >= 11 is 0. The van der Waals surface area contributed by atoms with Crippen molar-refractivity contribution in [3.05, 3.63) is 41.6 Å². The second-order valence-corrected chi connectivity index (χ2v) is 2.59. The van der Waals surface area contributed by atoms with Gasteiger partial charge in [-0.15, -0.1) is 0 Å². The maximum absolute atomic E-state index is 11.0. The van der Waals surface area contributed by atoms with Crippen molar-refractivity contribution in [1.29, 1.82) is 0 Å². The van der Waals surface area contributed by atoms with Gasteiger partial charge in [0.15, 0.2) is 0 Å². The smallest absolute Gasteiger partial charge is 0.266 e. The van der Waals surface area contributed by atoms with Gasteiger partial charge in [0.1, 0.15) is 0 Å². The fraction of sp³-hybridized carbons (Fsp3) is 0.100. The topological polar surface area (TPSA) is 55.1 Å². The number of carbonyl (C=O) groups excluding carboxylic acids is 1. The number of benzene rings is 1. The molecule has 0 spiro atoms. The van der Waals surface area contributed by atoms with Crippen LogP contribution in [0.25, 0.3) is 6.08 Å². The van der Waals surface area contributed by atoms with E-state index in [4.69, 9.17) is 5.73 Å². The first-order valence-corrected chi connectivity index (χ1v) is 3.98. The van der Waals surface area contributed by atoms with E-state index < -0.39 is 0 Å². The molecule has 68 valence electrons. The van der Waals surface area contributed by atoms with Crippen LogP contribution in [-0.4, -0.2) is 13.0 Å². The molecule has 0 saturated carbocycles. The van der Waals surface area contributed by atoms with E-state index in [0.717, 1.165) is 5.56 Å². The molecule has 3 heteroatoms. The quantitative estimate of drug-likeness (QED) is 0.653. The van der Waals surface area contributed by atoms with Crippen LogP contribution in [-0.2, 0) is 4.79 Å². The first-order valence-electron chi connectivity index (χ1n) is 3.98. The predicted octanol–water partition coefficient (Wildman–Crippen LogP) is 0.732. The second kappa shape index (κ2) is 4.30. The van der Waals surface area contributed by atoms with Gasteiger partial charge in [0, 0.05) is 7.05 Å². The molecule has 1 aromatic rings. The Morgan fingerprint density at radius 1 is 1.38 bits per heavy atom. The van der Waals surface area contributed by atoms with E-state index in [1.165, 1.54) is 0 Å². The van der Waals surface area contributed by atoms with Crippen LogP contribution in [0.3, 0.4) is 0 Å². The molecule has 0 atom stereocenters. The zero-order valence-electron chi connectivity index (χ0n) is 7.45. The van der Waals surface area contributed by atoms with Gasteiger partial charge in [0.2, 0.25) is 0 Å². The Hall–Kier alpha value is -1.77. The summed E-state index contributed by atoms with van der Waals surface area (Å²) in [4.78, 5) is 11.0. The van der Waals surface area contributed by atoms with E-state index in [0.29, 0.717) is 0 Å². The lowest BCUT2D eigenvalue weighted by Crippen LogP contribution is -2.24. The Kier molecular flexibility index (Phi) is 3.09. The summed E-state index contributed by atoms with van der Waals surface area (Å²) in [6.45, 7) is 0. The lowest BCUT2D eigenvalue weighted by Gasteiger charge is -1.98. The second-order valence-electron chi connectivity index (χ2n) is 2.59. The van der Waals surface area contributed by atoms with Crippen LogP contribution >= 0.6 is 0 Å². The molecule has 0 unspecified atom stereocenters. The van der Waals surface area contributed by atoms with Gasteiger partial charge in [0.05, 0.1) is 5.70 Å². The lowest BCUT2D eigenvalue weighted by molar-refractivity contribution is -0.117. The van der Waals surface area contributed by atoms with Gasteiger partial charge in [-0.2, -0.15) is 0 Å². The number of likely N-dealkylation sites (N-methyl/N-ethyl adjacent to an activating group) is 1. The van der Waals surface area contributed by atoms with Crippen molar-refractivity contribution < 1.29 is 4.79 Å². The zero-order chi connectivity index (χ0) is 9.68. The molecule has 1 rings (SSSR count). The standard InChI is InChI=1S/C10H12N2O/c1-12-10(13)9(11)7-8-5-3-2-4-6-8/h2-7H,11H2,1H3,(H,12,13)/b9-7-. The largest absolute Gasteiger partial charge is 0.394 e. The molecule has 1 aromatic carbocycles. The van der Waals surface area contributed by atoms with Gasteiger partial charge in [-0.05, 0) is 11.6 Å². The van der Waals surface area contributed by atoms with E-state index in [2.05, 4.69) is 5.32 Å². The third-order valence-electron chi connectivity index (χ3n) is 1.61. The van der Waals surface area contributed by atoms with E-state index in [1.54, 1.807) is 13.1 Å². The number of rotatable bonds is 2. The molecule has 0 saturated heterocycles. The molecule has 0 fully saturated rings. The maximum atomic E-state index is 11.0. The first-order chi connectivity index (χ1) is 6.24. The van der Waals surface area contributed by atoms with E-state index >= 15 is 0 Å². The normalized spacial score (nSPS) is 11.0. The third kappa shape index (κ3) is 2.63. The molecule has 3 N–H and O–H groups in total. The maximum Gasteiger partial charge on any atom is 0.266 e. The van der Waals surface area contributed by atoms with Crippen LogP contribution in [0, 0.1) is 0 Å². The first kappa shape index (κ1) is 9.32. The molecule has 0 aromatic heterocycles. The molecule has 1 amide bonds. The molecule has 0 bridgehead atoms. The van der Waals surface area contributed by atoms with Crippen LogP contribution in [0.1, 0.15) is 5.56 Å². The highest BCUT2D eigenvalue weighted by molar-refractivity contribution is 5.96. The SMILES string of the molecule is CNC(=O)/C(N)=C/c1ccccc1. The number of amides is 1. The highest BCUT2D eigenvalue weighted by Gasteiger charge is 2.00. The van der Waals surface area contributed by atoms with E-state index in [9.17, 15) is 4.79 Å². The molecule has 0 aliphatic rings. The van der Waals surface area contributed by atoms with Gasteiger partial charge in [0.25, 0.3) is 5.91 Å². The summed E-state index contributed by atoms with van der Waals surface area (Å²) in [7, 11) is 1.55. The Balaban J connectivity index is 2.83. The Morgan fingerprint density at radius 2 is 2.00 bits per heavy atom. The Morgan fingerprint density at radius 3 is 2.54 bits per heavy atom. The minimum absolute atomic E-state index is 0.216. The molecular weight excluding hydrogens is 164 g/mol. The van der Waals surface area contributed by atoms with Crippen LogP contribution in [0.2, 0.25) is 0 Å². The summed E-state index contributed by atoms with van der Waals surface area (Å²) in [5.41, 5.74) is 6.65. The van der Waals surface area contributed by atoms with Crippen LogP contribution in [0.15, 0.2) is 36.0 Å². The minimum atomic E-state index is -0.260. The average Bonchev–Trinajstić information content (AvgIpc) is 2.18. The van der Waals surface area contributed by atoms with Crippen molar-refractivity contribution >= 4 is 12.0 Å². The van der Waals surface area contributed by atoms with Gasteiger partial charge >= 0.3 is 0 Å². The molecular formula is C10H12N2O. The van der Waals surface area contributed by atoms with E-state index in [1.807, 2.05) is 30.3 Å². The molecule has 3 nitrogen and oxygen atoms in total. The van der Waals surface area contributed by atoms with Crippen molar-refractivity contribution in [3.63, 3.8) is 0 Å². The summed E-state index contributed by atoms with van der Waals surface area (Å²) in [5, 5.41) is 2.45. The van der Waals surface area contributed by atoms with Crippen molar-refractivity contribution in [2.24, 2.45) is 5.73 Å². The van der Waals surface area contributed by atoms with Crippen molar-refractivity contribution in [2.45, 2.75) is 0 Å². The Labute approximate surface area is 77.3 Å². The van der Waals surface area contributed by atoms with Gasteiger partial charge < -0.3 is 11.1 Å². The van der Waals surface area contributed by atoms with Crippen LogP contribution in [0.4, 0.5) is 0 Å². The molecule has 13 heavy (non-hydrogen) atoms. The summed E-state index contributed by atoms with van der Waals surface area (Å²) in [6.07, 6.45) is 1.64. The fourth-order valence-electron chi connectivity index (χ4n) is 0.939. The monoisotopic (exact) mass is 176 g/mol. The van der Waals surface area contributed by atoms with Gasteiger partial charge in [-0.25, -0.2) is 0 Å². The van der Waals surface area contributed by atoms with Crippen LogP contribution in [0.5, 0.6) is 0 Å². The van der Waals surface area contributed by atoms with E-state index in [-0.39, 0.29) is 11.6 Å². The molecule has 0 radical (unpaired) electrons. The average molecular weight is 176 g/mol. The molecule has 0 aliphatic heterocycles. The highest BCUT2D eigenvalue weighted by Crippen LogP contribution is 2.02. The Bertz CT molecular complexity index is 317. The van der Waals surface area contributed by atoms with Crippen molar-refractivity contribution in [1.82, 2.24) is 5.32 Å². The summed E-state index contributed by atoms with van der Waals surface area (Å²) < 4.78 is 0. The number of nitrogens with two attached hydrogens (primary N) is 1. The highest BCUT2D eigenvalue weighted by atomic mass is 16.1. The predicted molar refractivity (Wildman–Crippen MR) is 52.7 cm³/mol. The molecule has 0 heterocycles. The van der Waals surface area contributed by atoms with Gasteiger partial charge in [-0.1, -0.05) is 30.3 Å². The summed E-state index contributed by atoms with van der Waals surface area (Å²) in [6, 6.07) is 9.46. The van der Waals surface area contributed by atoms with Crippen LogP contribution < -0.4 is 11.1 Å². The lowest BCUT2D eigenvalue weighted by atomic mass is 10.2. The zero-order valence-corrected chi connectivity index (χ0v) is 7.45. The van der Waals surface area contributed by atoms with Crippen molar-refractivity contribution in [2.75, 3.05) is 7.05 Å². The fourth-order valence-corrected chi connectivity index (χ4v) is 0.939. The number of nitrogens with one attached hydrogen (secondary N) is 1. The minimum Gasteiger partial charge on any atom is -0.394 e. The number of hydrogen-bond acceptors (Lipinski definition) is 2. The number of carbonyl (C=O) groups is 1. The van der Waals surface area contributed by atoms with Crippen molar-refractivity contribution in [3.8, 4) is 0 Å². The third-order valence-corrected chi connectivity index (χ3v) is 1.61. The molecule has 0 aliphatic carbocycles.